The lowest BCUT2D eigenvalue weighted by Gasteiger charge is -2.31. The molecule has 0 bridgehead atoms. The van der Waals surface area contributed by atoms with E-state index in [4.69, 9.17) is 19.8 Å². The van der Waals surface area contributed by atoms with Crippen molar-refractivity contribution in [3.05, 3.63) is 53.3 Å². The number of imidazole rings is 1. The quantitative estimate of drug-likeness (QED) is 0.322. The van der Waals surface area contributed by atoms with Gasteiger partial charge in [-0.3, -0.25) is 4.79 Å². The molecule has 1 aliphatic heterocycles. The van der Waals surface area contributed by atoms with Crippen LogP contribution in [0.3, 0.4) is 0 Å². The summed E-state index contributed by atoms with van der Waals surface area (Å²) in [6.45, 7) is 5.82. The van der Waals surface area contributed by atoms with Crippen LogP contribution in [0.25, 0.3) is 16.9 Å². The fourth-order valence-corrected chi connectivity index (χ4v) is 5.37. The number of esters is 1. The third-order valence-electron chi connectivity index (χ3n) is 6.52. The van der Waals surface area contributed by atoms with E-state index in [-0.39, 0.29) is 17.7 Å². The molecule has 0 atom stereocenters. The Kier molecular flexibility index (Phi) is 6.86. The molecule has 0 spiro atoms. The van der Waals surface area contributed by atoms with E-state index in [1.54, 1.807) is 12.1 Å². The molecule has 1 saturated heterocycles. The number of hydrogen-bond acceptors (Lipinski definition) is 8. The van der Waals surface area contributed by atoms with Gasteiger partial charge in [0.25, 0.3) is 0 Å². The van der Waals surface area contributed by atoms with Crippen LogP contribution in [0.4, 0.5) is 21.2 Å². The lowest BCUT2D eigenvalue weighted by atomic mass is 9.97. The Labute approximate surface area is 213 Å². The normalized spacial score (nSPS) is 14.4. The molecule has 0 N–H and O–H groups in total. The number of anilines is 3. The zero-order valence-corrected chi connectivity index (χ0v) is 21.5. The van der Waals surface area contributed by atoms with Crippen molar-refractivity contribution in [3.63, 3.8) is 0 Å². The van der Waals surface area contributed by atoms with Gasteiger partial charge in [-0.1, -0.05) is 6.92 Å². The van der Waals surface area contributed by atoms with Crippen molar-refractivity contribution >= 4 is 39.7 Å². The second-order valence-corrected chi connectivity index (χ2v) is 9.63. The predicted molar refractivity (Wildman–Crippen MR) is 140 cm³/mol. The van der Waals surface area contributed by atoms with E-state index in [0.717, 1.165) is 71.7 Å². The first-order chi connectivity index (χ1) is 17.5. The average molecular weight is 509 g/mol. The highest BCUT2D eigenvalue weighted by Crippen LogP contribution is 2.34. The van der Waals surface area contributed by atoms with Gasteiger partial charge in [-0.2, -0.15) is 4.52 Å². The number of hydrogen-bond donors (Lipinski definition) is 0. The topological polar surface area (TPSA) is 75.9 Å². The summed E-state index contributed by atoms with van der Waals surface area (Å²) in [5, 5.41) is 7.72. The maximum Gasteiger partial charge on any atom is 0.309 e. The lowest BCUT2D eigenvalue weighted by molar-refractivity contribution is -0.148. The van der Waals surface area contributed by atoms with Crippen LogP contribution in [0.2, 0.25) is 0 Å². The first-order valence-electron chi connectivity index (χ1n) is 12.2. The first kappa shape index (κ1) is 24.2. The third kappa shape index (κ3) is 4.65. The molecule has 10 heteroatoms. The SMILES string of the molecule is CCOC(=O)C1CCN(c2ccc3nc(CC)c(N(C)c4nc(-c5ccc(F)cc5)cs4)n3n2)CC1. The molecular formula is C26H29FN6O2S. The van der Waals surface area contributed by atoms with Crippen molar-refractivity contribution in [1.29, 1.82) is 0 Å². The van der Waals surface area contributed by atoms with Gasteiger partial charge < -0.3 is 14.5 Å². The highest BCUT2D eigenvalue weighted by Gasteiger charge is 2.27. The largest absolute Gasteiger partial charge is 0.466 e. The van der Waals surface area contributed by atoms with Gasteiger partial charge in [0.15, 0.2) is 16.6 Å². The van der Waals surface area contributed by atoms with E-state index in [1.165, 1.54) is 23.5 Å². The summed E-state index contributed by atoms with van der Waals surface area (Å²) < 4.78 is 20.4. The number of carbonyl (C=O) groups excluding carboxylic acids is 1. The Morgan fingerprint density at radius 2 is 1.89 bits per heavy atom. The number of aryl methyl sites for hydroxylation is 1. The Hall–Kier alpha value is -3.53. The van der Waals surface area contributed by atoms with Crippen molar-refractivity contribution in [2.45, 2.75) is 33.1 Å². The number of halogens is 1. The van der Waals surface area contributed by atoms with Gasteiger partial charge >= 0.3 is 5.97 Å². The van der Waals surface area contributed by atoms with E-state index >= 15 is 0 Å². The van der Waals surface area contributed by atoms with Crippen LogP contribution in [0.5, 0.6) is 0 Å². The van der Waals surface area contributed by atoms with Crippen LogP contribution in [-0.2, 0) is 16.0 Å². The summed E-state index contributed by atoms with van der Waals surface area (Å²) in [5.41, 5.74) is 3.37. The van der Waals surface area contributed by atoms with Crippen LogP contribution in [-0.4, -0.2) is 52.3 Å². The Balaban J connectivity index is 1.42. The van der Waals surface area contributed by atoms with Crippen LogP contribution in [0.15, 0.2) is 41.8 Å². The molecule has 4 heterocycles. The molecule has 0 saturated carbocycles. The molecule has 8 nitrogen and oxygen atoms in total. The number of benzene rings is 1. The number of piperidine rings is 1. The smallest absolute Gasteiger partial charge is 0.309 e. The minimum atomic E-state index is -0.267. The minimum absolute atomic E-state index is 0.0493. The van der Waals surface area contributed by atoms with Gasteiger partial charge in [-0.15, -0.1) is 16.4 Å². The molecule has 0 aliphatic carbocycles. The van der Waals surface area contributed by atoms with Crippen LogP contribution < -0.4 is 9.80 Å². The molecule has 5 rings (SSSR count). The van der Waals surface area contributed by atoms with Gasteiger partial charge in [0.2, 0.25) is 0 Å². The second kappa shape index (κ2) is 10.2. The monoisotopic (exact) mass is 508 g/mol. The van der Waals surface area contributed by atoms with E-state index in [2.05, 4.69) is 11.8 Å². The minimum Gasteiger partial charge on any atom is -0.466 e. The van der Waals surface area contributed by atoms with E-state index in [1.807, 2.05) is 40.9 Å². The third-order valence-corrected chi connectivity index (χ3v) is 7.44. The maximum atomic E-state index is 13.3. The Bertz CT molecular complexity index is 1360. The highest BCUT2D eigenvalue weighted by molar-refractivity contribution is 7.14. The van der Waals surface area contributed by atoms with Gasteiger partial charge in [-0.25, -0.2) is 14.4 Å². The number of carbonyl (C=O) groups is 1. The molecular weight excluding hydrogens is 479 g/mol. The molecule has 0 amide bonds. The average Bonchev–Trinajstić information content (AvgIpc) is 3.54. The lowest BCUT2D eigenvalue weighted by Crippen LogP contribution is -2.37. The number of ether oxygens (including phenoxy) is 1. The maximum absolute atomic E-state index is 13.3. The summed E-state index contributed by atoms with van der Waals surface area (Å²) in [7, 11) is 1.97. The molecule has 1 aromatic carbocycles. The van der Waals surface area contributed by atoms with Crippen molar-refractivity contribution in [1.82, 2.24) is 19.6 Å². The van der Waals surface area contributed by atoms with E-state index in [0.29, 0.717) is 6.61 Å². The van der Waals surface area contributed by atoms with Crippen molar-refractivity contribution in [2.24, 2.45) is 5.92 Å². The molecule has 0 unspecified atom stereocenters. The zero-order chi connectivity index (χ0) is 25.2. The fourth-order valence-electron chi connectivity index (χ4n) is 4.57. The standard InChI is InChI=1S/C26H29FN6O2S/c1-4-20-24(31(3)26-29-21(16-36-26)17-6-8-19(27)9-7-17)33-22(28-20)10-11-23(30-33)32-14-12-18(13-15-32)25(34)35-5-2/h6-11,16,18H,4-5,12-15H2,1-3H3. The number of rotatable bonds is 7. The summed E-state index contributed by atoms with van der Waals surface area (Å²) in [5.74, 6) is 1.31. The summed E-state index contributed by atoms with van der Waals surface area (Å²) in [6.07, 6.45) is 2.25. The molecule has 36 heavy (non-hydrogen) atoms. The van der Waals surface area contributed by atoms with Crippen LogP contribution in [0.1, 0.15) is 32.4 Å². The number of aromatic nitrogens is 4. The van der Waals surface area contributed by atoms with Gasteiger partial charge in [0.05, 0.1) is 23.9 Å². The summed E-state index contributed by atoms with van der Waals surface area (Å²) >= 11 is 1.52. The van der Waals surface area contributed by atoms with Gasteiger partial charge in [-0.05, 0) is 62.6 Å². The van der Waals surface area contributed by atoms with Crippen LogP contribution >= 0.6 is 11.3 Å². The zero-order valence-electron chi connectivity index (χ0n) is 20.6. The van der Waals surface area contributed by atoms with Gasteiger partial charge in [0, 0.05) is 31.1 Å². The molecule has 4 aromatic rings. The molecule has 188 valence electrons. The number of thiazole rings is 1. The van der Waals surface area contributed by atoms with Crippen molar-refractivity contribution in [3.8, 4) is 11.3 Å². The fraction of sp³-hybridized carbons (Fsp3) is 0.385. The molecule has 0 radical (unpaired) electrons. The molecule has 3 aromatic heterocycles. The Morgan fingerprint density at radius 3 is 2.58 bits per heavy atom. The molecule has 1 fully saturated rings. The predicted octanol–water partition coefficient (Wildman–Crippen LogP) is 5.10. The highest BCUT2D eigenvalue weighted by atomic mass is 32.1. The summed E-state index contributed by atoms with van der Waals surface area (Å²) in [6, 6.07) is 10.3. The van der Waals surface area contributed by atoms with E-state index < -0.39 is 0 Å². The van der Waals surface area contributed by atoms with Gasteiger partial charge in [0.1, 0.15) is 11.6 Å². The number of fused-ring (bicyclic) bond motifs is 1. The number of nitrogens with zero attached hydrogens (tertiary/aromatic N) is 6. The summed E-state index contributed by atoms with van der Waals surface area (Å²) in [4.78, 5) is 25.9. The van der Waals surface area contributed by atoms with Crippen molar-refractivity contribution in [2.75, 3.05) is 36.5 Å². The molecule has 1 aliphatic rings. The Morgan fingerprint density at radius 1 is 1.14 bits per heavy atom. The first-order valence-corrected chi connectivity index (χ1v) is 13.1. The van der Waals surface area contributed by atoms with E-state index in [9.17, 15) is 9.18 Å². The van der Waals surface area contributed by atoms with Crippen LogP contribution in [0, 0.1) is 11.7 Å². The second-order valence-electron chi connectivity index (χ2n) is 8.79. The van der Waals surface area contributed by atoms with Crippen molar-refractivity contribution < 1.29 is 13.9 Å².